The number of nitrogens with one attached hydrogen (secondary N) is 2. The summed E-state index contributed by atoms with van der Waals surface area (Å²) < 4.78 is 72.4. The highest BCUT2D eigenvalue weighted by Crippen LogP contribution is 2.39. The number of aryl methyl sites for hydroxylation is 1. The summed E-state index contributed by atoms with van der Waals surface area (Å²) >= 11 is 2.30. The molecule has 0 saturated heterocycles. The summed E-state index contributed by atoms with van der Waals surface area (Å²) in [5.41, 5.74) is 7.42. The predicted octanol–water partition coefficient (Wildman–Crippen LogP) is 4.15. The second kappa shape index (κ2) is 12.8. The van der Waals surface area contributed by atoms with E-state index in [1.165, 1.54) is 36.0 Å². The van der Waals surface area contributed by atoms with E-state index < -0.39 is 47.1 Å². The Bertz CT molecular complexity index is 1620. The number of nitrogens with two attached hydrogens (primary N) is 1. The second-order valence-electron chi connectivity index (χ2n) is 8.21. The standard InChI is InChI=1S/C25H22F3N3O7S3/c1-13-5-3-8-16(31-19(32)11-37-12-20(33)38-24(34)25(26,27)28)21(13)14-6-4-7-15(9-14)41(35,36)18-10-17(22(29)30)40-23(18)39-2/h3-10H,11-12H2,1-2H3,(H3,29,30)(H,31,32). The molecule has 1 amide bonds. The van der Waals surface area contributed by atoms with Gasteiger partial charge in [0.15, 0.2) is 0 Å². The van der Waals surface area contributed by atoms with E-state index in [-0.39, 0.29) is 21.3 Å². The largest absolute Gasteiger partial charge is 0.491 e. The van der Waals surface area contributed by atoms with Crippen molar-refractivity contribution in [1.82, 2.24) is 0 Å². The molecule has 3 rings (SSSR count). The molecule has 0 bridgehead atoms. The van der Waals surface area contributed by atoms with Crippen LogP contribution in [0.1, 0.15) is 10.4 Å². The molecule has 0 unspecified atom stereocenters. The van der Waals surface area contributed by atoms with Gasteiger partial charge in [-0.3, -0.25) is 10.2 Å². The summed E-state index contributed by atoms with van der Waals surface area (Å²) in [7, 11) is -4.02. The number of hydrogen-bond acceptors (Lipinski definition) is 10. The van der Waals surface area contributed by atoms with Crippen LogP contribution in [0.15, 0.2) is 62.5 Å². The normalized spacial score (nSPS) is 11.6. The molecule has 0 spiro atoms. The molecule has 0 fully saturated rings. The lowest BCUT2D eigenvalue weighted by Crippen LogP contribution is -2.30. The third kappa shape index (κ3) is 7.72. The summed E-state index contributed by atoms with van der Waals surface area (Å²) in [5, 5.41) is 10.2. The van der Waals surface area contributed by atoms with E-state index in [9.17, 15) is 36.0 Å². The topological polar surface area (TPSA) is 166 Å². The van der Waals surface area contributed by atoms with Gasteiger partial charge in [-0.15, -0.1) is 23.1 Å². The van der Waals surface area contributed by atoms with Crippen molar-refractivity contribution >= 4 is 62.3 Å². The molecule has 10 nitrogen and oxygen atoms in total. The summed E-state index contributed by atoms with van der Waals surface area (Å²) in [5.74, 6) is -5.36. The summed E-state index contributed by atoms with van der Waals surface area (Å²) in [6, 6.07) is 12.3. The first-order valence-electron chi connectivity index (χ1n) is 11.3. The SMILES string of the molecule is CSc1sc(C(=N)N)cc1S(=O)(=O)c1cccc(-c2c(C)cccc2NC(=O)COCC(=O)OC(=O)C(F)(F)F)c1. The smallest absolute Gasteiger partial charge is 0.385 e. The molecule has 4 N–H and O–H groups in total. The van der Waals surface area contributed by atoms with E-state index in [1.807, 2.05) is 0 Å². The molecule has 1 heterocycles. The Morgan fingerprint density at radius 2 is 1.78 bits per heavy atom. The van der Waals surface area contributed by atoms with Gasteiger partial charge in [0, 0.05) is 11.3 Å². The van der Waals surface area contributed by atoms with E-state index in [1.54, 1.807) is 37.4 Å². The van der Waals surface area contributed by atoms with Crippen LogP contribution < -0.4 is 11.1 Å². The molecular formula is C25H22F3N3O7S3. The molecule has 218 valence electrons. The first-order chi connectivity index (χ1) is 19.1. The van der Waals surface area contributed by atoms with Crippen LogP contribution in [0, 0.1) is 12.3 Å². The summed E-state index contributed by atoms with van der Waals surface area (Å²) in [6.07, 6.45) is -3.65. The molecule has 41 heavy (non-hydrogen) atoms. The van der Waals surface area contributed by atoms with Crippen LogP contribution >= 0.6 is 23.1 Å². The van der Waals surface area contributed by atoms with Crippen molar-refractivity contribution in [2.75, 3.05) is 24.8 Å². The monoisotopic (exact) mass is 629 g/mol. The number of nitrogen functional groups attached to an aromatic ring is 1. The fourth-order valence-electron chi connectivity index (χ4n) is 3.52. The molecule has 0 atom stereocenters. The number of sulfone groups is 1. The zero-order chi connectivity index (χ0) is 30.5. The van der Waals surface area contributed by atoms with Crippen LogP contribution in [0.2, 0.25) is 0 Å². The molecule has 1 aromatic heterocycles. The number of halogens is 3. The number of ether oxygens (including phenoxy) is 2. The Morgan fingerprint density at radius 1 is 1.10 bits per heavy atom. The summed E-state index contributed by atoms with van der Waals surface area (Å²) in [4.78, 5) is 34.8. The predicted molar refractivity (Wildman–Crippen MR) is 146 cm³/mol. The molecule has 0 saturated carbocycles. The van der Waals surface area contributed by atoms with E-state index in [0.29, 0.717) is 25.8 Å². The van der Waals surface area contributed by atoms with Gasteiger partial charge in [-0.05, 0) is 48.6 Å². The van der Waals surface area contributed by atoms with Crippen LogP contribution in [0.4, 0.5) is 18.9 Å². The number of benzene rings is 2. The molecular weight excluding hydrogens is 607 g/mol. The molecule has 0 aliphatic carbocycles. The lowest BCUT2D eigenvalue weighted by molar-refractivity contribution is -0.203. The molecule has 0 aliphatic heterocycles. The van der Waals surface area contributed by atoms with Gasteiger partial charge < -0.3 is 20.5 Å². The number of carbonyl (C=O) groups excluding carboxylic acids is 3. The third-order valence-corrected chi connectivity index (χ3v) is 9.61. The van der Waals surface area contributed by atoms with Gasteiger partial charge in [0.1, 0.15) is 19.0 Å². The molecule has 3 aromatic rings. The third-order valence-electron chi connectivity index (χ3n) is 5.28. The average Bonchev–Trinajstić information content (AvgIpc) is 3.34. The lowest BCUT2D eigenvalue weighted by atomic mass is 9.98. The Labute approximate surface area is 240 Å². The lowest BCUT2D eigenvalue weighted by Gasteiger charge is -2.15. The van der Waals surface area contributed by atoms with Crippen molar-refractivity contribution in [3.8, 4) is 11.1 Å². The van der Waals surface area contributed by atoms with E-state index in [2.05, 4.69) is 10.1 Å². The minimum absolute atomic E-state index is 0.0169. The minimum atomic E-state index is -5.36. The zero-order valence-electron chi connectivity index (χ0n) is 21.3. The maximum Gasteiger partial charge on any atom is 0.491 e. The Kier molecular flexibility index (Phi) is 9.96. The number of alkyl halides is 3. The first kappa shape index (κ1) is 31.8. The Balaban J connectivity index is 1.82. The van der Waals surface area contributed by atoms with Crippen molar-refractivity contribution in [3.63, 3.8) is 0 Å². The van der Waals surface area contributed by atoms with Gasteiger partial charge in [0.05, 0.1) is 18.9 Å². The van der Waals surface area contributed by atoms with Crippen molar-refractivity contribution in [1.29, 1.82) is 5.41 Å². The van der Waals surface area contributed by atoms with E-state index in [4.69, 9.17) is 15.9 Å². The molecule has 0 aliphatic rings. The number of thiophene rings is 1. The quantitative estimate of drug-likeness (QED) is 0.0982. The van der Waals surface area contributed by atoms with Crippen LogP contribution in [0.25, 0.3) is 11.1 Å². The van der Waals surface area contributed by atoms with Crippen molar-refractivity contribution in [3.05, 3.63) is 59.0 Å². The van der Waals surface area contributed by atoms with Gasteiger partial charge in [-0.25, -0.2) is 18.0 Å². The van der Waals surface area contributed by atoms with Crippen molar-refractivity contribution in [2.45, 2.75) is 27.1 Å². The maximum atomic E-state index is 13.6. The summed E-state index contributed by atoms with van der Waals surface area (Å²) in [6.45, 7) is -0.104. The number of carbonyl (C=O) groups is 3. The Morgan fingerprint density at radius 3 is 2.41 bits per heavy atom. The zero-order valence-corrected chi connectivity index (χ0v) is 23.8. The minimum Gasteiger partial charge on any atom is -0.385 e. The van der Waals surface area contributed by atoms with Crippen LogP contribution in [0.5, 0.6) is 0 Å². The van der Waals surface area contributed by atoms with Crippen molar-refractivity contribution < 1.29 is 45.4 Å². The molecule has 16 heteroatoms. The van der Waals surface area contributed by atoms with Gasteiger partial charge in [-0.2, -0.15) is 13.2 Å². The average molecular weight is 630 g/mol. The highest BCUT2D eigenvalue weighted by atomic mass is 32.2. The van der Waals surface area contributed by atoms with E-state index in [0.717, 1.165) is 11.3 Å². The number of rotatable bonds is 10. The van der Waals surface area contributed by atoms with Crippen molar-refractivity contribution in [2.24, 2.45) is 5.73 Å². The van der Waals surface area contributed by atoms with Crippen LogP contribution in [-0.2, 0) is 33.7 Å². The highest BCUT2D eigenvalue weighted by Gasteiger charge is 2.42. The molecule has 2 aromatic carbocycles. The van der Waals surface area contributed by atoms with Crippen LogP contribution in [-0.4, -0.2) is 57.7 Å². The van der Waals surface area contributed by atoms with Gasteiger partial charge in [-0.1, -0.05) is 24.3 Å². The number of thioether (sulfide) groups is 1. The number of amides is 1. The number of hydrogen-bond donors (Lipinski definition) is 3. The molecule has 0 radical (unpaired) electrons. The first-order valence-corrected chi connectivity index (χ1v) is 14.8. The second-order valence-corrected chi connectivity index (χ2v) is 12.3. The number of esters is 2. The van der Waals surface area contributed by atoms with Gasteiger partial charge >= 0.3 is 18.1 Å². The van der Waals surface area contributed by atoms with Gasteiger partial charge in [0.25, 0.3) is 0 Å². The maximum absolute atomic E-state index is 13.6. The fraction of sp³-hybridized carbons (Fsp3) is 0.200. The number of anilines is 1. The van der Waals surface area contributed by atoms with E-state index >= 15 is 0 Å². The van der Waals surface area contributed by atoms with Crippen LogP contribution in [0.3, 0.4) is 0 Å². The fourth-order valence-corrected chi connectivity index (χ4v) is 7.43. The Hall–Kier alpha value is -3.73. The number of amidine groups is 1. The highest BCUT2D eigenvalue weighted by molar-refractivity contribution is 8.01. The van der Waals surface area contributed by atoms with Gasteiger partial charge in [0.2, 0.25) is 15.7 Å².